The molecular weight excluding hydrogens is 1120 g/mol. The summed E-state index contributed by atoms with van der Waals surface area (Å²) in [5.41, 5.74) is 9.37. The summed E-state index contributed by atoms with van der Waals surface area (Å²) in [4.78, 5) is 55.7. The van der Waals surface area contributed by atoms with Crippen LogP contribution in [-0.2, 0) is 0 Å². The molecule has 0 amide bonds. The van der Waals surface area contributed by atoms with Gasteiger partial charge in [-0.25, -0.2) is 44.9 Å². The maximum atomic E-state index is 4.18. The fourth-order valence-corrected chi connectivity index (χ4v) is 6.50. The topological polar surface area (TPSA) is 232 Å². The van der Waals surface area contributed by atoms with Crippen LogP contribution in [-0.4, -0.2) is 90.2 Å². The first-order chi connectivity index (χ1) is 43.0. The highest BCUT2D eigenvalue weighted by molar-refractivity contribution is 5.14. The van der Waals surface area contributed by atoms with E-state index in [1.165, 1.54) is 29.3 Å². The zero-order valence-electron chi connectivity index (χ0n) is 57.3. The highest BCUT2D eigenvalue weighted by Gasteiger charge is 2.02. The number of nitrogens with zero attached hydrogens (tertiary/aromatic N) is 18. The van der Waals surface area contributed by atoms with E-state index in [2.05, 4.69) is 235 Å². The summed E-state index contributed by atoms with van der Waals surface area (Å²) in [6.45, 7) is 42.4. The fraction of sp³-hybridized carbons (Fsp3) is 0.417. The molecule has 0 aromatic carbocycles. The molecule has 18 nitrogen and oxygen atoms in total. The summed E-state index contributed by atoms with van der Waals surface area (Å²) < 4.78 is 0. The van der Waals surface area contributed by atoms with E-state index in [1.54, 1.807) is 80.8 Å². The number of pyridine rings is 3. The summed E-state index contributed by atoms with van der Waals surface area (Å²) in [5.74, 6) is 6.90. The van der Waals surface area contributed by atoms with Crippen molar-refractivity contribution in [1.29, 1.82) is 0 Å². The summed E-state index contributed by atoms with van der Waals surface area (Å²) in [7, 11) is 0. The molecule has 18 heteroatoms. The molecule has 0 N–H and O–H groups in total. The van der Waals surface area contributed by atoms with Gasteiger partial charge >= 0.3 is 0 Å². The lowest BCUT2D eigenvalue weighted by atomic mass is 10.1. The van der Waals surface area contributed by atoms with E-state index in [4.69, 9.17) is 0 Å². The molecule has 0 atom stereocenters. The van der Waals surface area contributed by atoms with Crippen LogP contribution >= 0.6 is 0 Å². The lowest BCUT2D eigenvalue weighted by Crippen LogP contribution is -1.95. The van der Waals surface area contributed by atoms with Crippen molar-refractivity contribution in [1.82, 2.24) is 90.2 Å². The van der Waals surface area contributed by atoms with Crippen LogP contribution in [0.3, 0.4) is 0 Å². The van der Waals surface area contributed by atoms with Crippen molar-refractivity contribution in [2.45, 2.75) is 198 Å². The Morgan fingerprint density at radius 3 is 0.956 bits per heavy atom. The minimum Gasteiger partial charge on any atom is -0.265 e. The Bertz CT molecular complexity index is 2410. The Morgan fingerprint density at radius 1 is 0.211 bits per heavy atom. The molecule has 480 valence electrons. The van der Waals surface area contributed by atoms with E-state index < -0.39 is 0 Å². The predicted molar refractivity (Wildman–Crippen MR) is 366 cm³/mol. The molecule has 0 bridgehead atoms. The molecule has 0 fully saturated rings. The lowest BCUT2D eigenvalue weighted by molar-refractivity contribution is 0.759. The van der Waals surface area contributed by atoms with Crippen molar-refractivity contribution in [2.75, 3.05) is 0 Å². The van der Waals surface area contributed by atoms with E-state index in [-0.39, 0.29) is 0 Å². The molecular formula is C72H102N18. The minimum absolute atomic E-state index is 0.396. The van der Waals surface area contributed by atoms with E-state index in [0.717, 1.165) is 40.1 Å². The summed E-state index contributed by atoms with van der Waals surface area (Å²) in [5, 5.41) is 15.1. The summed E-state index contributed by atoms with van der Waals surface area (Å²) in [6.07, 6.45) is 32.8. The van der Waals surface area contributed by atoms with Crippen LogP contribution < -0.4 is 0 Å². The predicted octanol–water partition coefficient (Wildman–Crippen LogP) is 17.2. The molecule has 90 heavy (non-hydrogen) atoms. The van der Waals surface area contributed by atoms with Crippen LogP contribution in [0.5, 0.6) is 0 Å². The first kappa shape index (κ1) is 79.0. The maximum Gasteiger partial charge on any atom is 0.134 e. The van der Waals surface area contributed by atoms with Crippen LogP contribution in [0.4, 0.5) is 0 Å². The van der Waals surface area contributed by atoms with E-state index in [0.29, 0.717) is 59.2 Å². The molecule has 10 aromatic heterocycles. The van der Waals surface area contributed by atoms with Crippen LogP contribution in [0.2, 0.25) is 0 Å². The van der Waals surface area contributed by atoms with E-state index in [1.807, 2.05) is 97.6 Å². The van der Waals surface area contributed by atoms with Gasteiger partial charge in [0.25, 0.3) is 0 Å². The molecule has 10 rings (SSSR count). The summed E-state index contributed by atoms with van der Waals surface area (Å²) in [6, 6.07) is 25.7. The zero-order chi connectivity index (χ0) is 66.9. The molecule has 0 unspecified atom stereocenters. The van der Waals surface area contributed by atoms with E-state index >= 15 is 0 Å². The Kier molecular flexibility index (Phi) is 42.9. The Hall–Kier alpha value is -9.06. The minimum atomic E-state index is 0.396. The number of hydrogen-bond acceptors (Lipinski definition) is 18. The molecule has 10 aromatic rings. The Balaban J connectivity index is 0.000000500. The van der Waals surface area contributed by atoms with Crippen molar-refractivity contribution in [2.24, 2.45) is 0 Å². The maximum absolute atomic E-state index is 4.18. The first-order valence-electron chi connectivity index (χ1n) is 31.0. The molecule has 0 aliphatic carbocycles. The normalized spacial score (nSPS) is 10.1. The Morgan fingerprint density at radius 2 is 0.656 bits per heavy atom. The van der Waals surface area contributed by atoms with Gasteiger partial charge in [-0.3, -0.25) is 24.9 Å². The van der Waals surface area contributed by atoms with Gasteiger partial charge in [0, 0.05) is 116 Å². The van der Waals surface area contributed by atoms with Crippen molar-refractivity contribution < 1.29 is 0 Å². The average Bonchev–Trinajstić information content (AvgIpc) is 3.62. The van der Waals surface area contributed by atoms with Gasteiger partial charge in [0.15, 0.2) is 0 Å². The smallest absolute Gasteiger partial charge is 0.134 e. The number of rotatable bonds is 10. The second-order valence-electron chi connectivity index (χ2n) is 23.2. The van der Waals surface area contributed by atoms with Crippen LogP contribution in [0.25, 0.3) is 0 Å². The quantitative estimate of drug-likeness (QED) is 0.124. The fourth-order valence-electron chi connectivity index (χ4n) is 6.50. The highest BCUT2D eigenvalue weighted by atomic mass is 15.1. The second-order valence-corrected chi connectivity index (χ2v) is 23.2. The third-order valence-corrected chi connectivity index (χ3v) is 12.2. The third kappa shape index (κ3) is 39.0. The zero-order valence-corrected chi connectivity index (χ0v) is 57.3. The number of aromatic nitrogens is 18. The van der Waals surface area contributed by atoms with Crippen LogP contribution in [0.1, 0.15) is 254 Å². The SMILES string of the molecule is CC(C)c1ccccn1.CC(C)c1cccnc1.CC(C)c1cccnn1.CC(C)c1ccncc1.CC(C)c1ccncn1.CC(C)c1ccncn1.CC(C)c1ccnnc1.CC(C)c1cnccn1.CC(C)c1ncccn1.CC(C)c1ncncn1. The van der Waals surface area contributed by atoms with Gasteiger partial charge in [-0.05, 0) is 131 Å². The standard InChI is InChI=1S/3C8H11N.6C7H10N2.C6H9N3/c1-7(2)8-3-5-9-6-4-8;1-7(2)8-4-3-5-9-6-8;1-7(2)8-5-3-4-6-9-8;1-6(2)7-5-8-3-4-9-7;2*1-6(2)7-3-4-8-5-9-7;1-6(2)7-3-4-8-9-5-7;1-6(2)7-8-4-3-5-9-7;1-6(2)7-4-3-5-8-9-7;1-5(2)6-8-3-7-4-9-6/h3*3-7H,1-2H3;6*3-6H,1-2H3;3-5H,1-2H3. The largest absolute Gasteiger partial charge is 0.265 e. The van der Waals surface area contributed by atoms with Gasteiger partial charge in [-0.1, -0.05) is 151 Å². The van der Waals surface area contributed by atoms with Crippen LogP contribution in [0, 0.1) is 0 Å². The molecule has 0 radical (unpaired) electrons. The van der Waals surface area contributed by atoms with Gasteiger partial charge in [-0.15, -0.1) is 0 Å². The lowest BCUT2D eigenvalue weighted by Gasteiger charge is -2.01. The second kappa shape index (κ2) is 48.9. The van der Waals surface area contributed by atoms with Gasteiger partial charge in [0.1, 0.15) is 37.0 Å². The van der Waals surface area contributed by atoms with Gasteiger partial charge < -0.3 is 0 Å². The third-order valence-electron chi connectivity index (χ3n) is 12.2. The first-order valence-corrected chi connectivity index (χ1v) is 31.0. The highest BCUT2D eigenvalue weighted by Crippen LogP contribution is 2.14. The van der Waals surface area contributed by atoms with Crippen molar-refractivity contribution >= 4 is 0 Å². The summed E-state index contributed by atoms with van der Waals surface area (Å²) >= 11 is 0. The molecule has 0 saturated heterocycles. The van der Waals surface area contributed by atoms with Crippen LogP contribution in [0.15, 0.2) is 197 Å². The van der Waals surface area contributed by atoms with Gasteiger partial charge in [0.05, 0.1) is 17.6 Å². The molecule has 0 saturated carbocycles. The number of hydrogen-bond donors (Lipinski definition) is 0. The van der Waals surface area contributed by atoms with Crippen molar-refractivity contribution in [3.05, 3.63) is 254 Å². The molecule has 10 heterocycles. The Labute approximate surface area is 539 Å². The van der Waals surface area contributed by atoms with Crippen molar-refractivity contribution in [3.8, 4) is 0 Å². The van der Waals surface area contributed by atoms with Crippen molar-refractivity contribution in [3.63, 3.8) is 0 Å². The molecule has 0 aliphatic heterocycles. The molecule has 0 spiro atoms. The van der Waals surface area contributed by atoms with Gasteiger partial charge in [-0.2, -0.15) is 20.4 Å². The monoisotopic (exact) mass is 1220 g/mol. The van der Waals surface area contributed by atoms with Gasteiger partial charge in [0.2, 0.25) is 0 Å². The average molecular weight is 1220 g/mol. The molecule has 0 aliphatic rings. The van der Waals surface area contributed by atoms with E-state index in [9.17, 15) is 0 Å².